The van der Waals surface area contributed by atoms with Crippen LogP contribution in [0.4, 0.5) is 5.69 Å². The Kier molecular flexibility index (Phi) is 5.64. The third kappa shape index (κ3) is 4.27. The number of ketones is 1. The molecule has 1 amide bonds. The van der Waals surface area contributed by atoms with Gasteiger partial charge in [-0.2, -0.15) is 0 Å². The summed E-state index contributed by atoms with van der Waals surface area (Å²) in [5.41, 5.74) is 3.96. The Morgan fingerprint density at radius 3 is 2.31 bits per heavy atom. The van der Waals surface area contributed by atoms with Crippen molar-refractivity contribution in [3.05, 3.63) is 71.8 Å². The normalized spacial score (nSPS) is 15.8. The molecule has 0 radical (unpaired) electrons. The summed E-state index contributed by atoms with van der Waals surface area (Å²) in [6.07, 6.45) is 3.15. The summed E-state index contributed by atoms with van der Waals surface area (Å²) < 4.78 is 0. The molecule has 1 heterocycles. The molecule has 1 aliphatic heterocycles. The fourth-order valence-corrected chi connectivity index (χ4v) is 3.15. The van der Waals surface area contributed by atoms with Gasteiger partial charge in [0.05, 0.1) is 6.04 Å². The van der Waals surface area contributed by atoms with Crippen molar-refractivity contribution < 1.29 is 9.59 Å². The number of hydrogen-bond donors (Lipinski definition) is 1. The van der Waals surface area contributed by atoms with E-state index < -0.39 is 0 Å². The second kappa shape index (κ2) is 8.11. The Bertz CT molecular complexity index is 810. The number of carbonyl (C=O) groups is 2. The minimum atomic E-state index is -0.212. The van der Waals surface area contributed by atoms with Crippen LogP contribution in [0.5, 0.6) is 0 Å². The molecular formula is C22H24N2O2. The van der Waals surface area contributed by atoms with Crippen molar-refractivity contribution >= 4 is 23.0 Å². The van der Waals surface area contributed by atoms with Gasteiger partial charge in [0.1, 0.15) is 0 Å². The maximum absolute atomic E-state index is 12.5. The lowest BCUT2D eigenvalue weighted by molar-refractivity contribution is -0.120. The highest BCUT2D eigenvalue weighted by Crippen LogP contribution is 2.23. The lowest BCUT2D eigenvalue weighted by Gasteiger charge is -2.31. The number of carbonyl (C=O) groups excluding carboxylic acids is 2. The van der Waals surface area contributed by atoms with Gasteiger partial charge in [-0.1, -0.05) is 36.4 Å². The molecule has 0 fully saturated rings. The van der Waals surface area contributed by atoms with Crippen LogP contribution in [0.15, 0.2) is 60.7 Å². The third-order valence-electron chi connectivity index (χ3n) is 4.87. The molecule has 0 bridgehead atoms. The van der Waals surface area contributed by atoms with Crippen LogP contribution in [0.1, 0.15) is 36.2 Å². The number of nitrogens with zero attached hydrogens (tertiary/aromatic N) is 1. The molecule has 0 aromatic heterocycles. The minimum absolute atomic E-state index is 0.0190. The van der Waals surface area contributed by atoms with Gasteiger partial charge in [0.15, 0.2) is 5.78 Å². The van der Waals surface area contributed by atoms with Gasteiger partial charge in [-0.15, -0.1) is 0 Å². The maximum Gasteiger partial charge on any atom is 0.241 e. The van der Waals surface area contributed by atoms with Gasteiger partial charge in [0.2, 0.25) is 5.91 Å². The van der Waals surface area contributed by atoms with E-state index in [-0.39, 0.29) is 17.7 Å². The molecule has 1 aliphatic rings. The highest BCUT2D eigenvalue weighted by Gasteiger charge is 2.23. The SMILES string of the molecule is CC(=O)c1ccc(NC(=O)[C@@H](C)N2CC=C(c3ccccc3)CC2)cc1. The van der Waals surface area contributed by atoms with Crippen LogP contribution in [-0.4, -0.2) is 35.7 Å². The van der Waals surface area contributed by atoms with Crippen molar-refractivity contribution in [2.75, 3.05) is 18.4 Å². The quantitative estimate of drug-likeness (QED) is 0.831. The third-order valence-corrected chi connectivity index (χ3v) is 4.87. The summed E-state index contributed by atoms with van der Waals surface area (Å²) in [5, 5.41) is 2.94. The number of hydrogen-bond acceptors (Lipinski definition) is 3. The maximum atomic E-state index is 12.5. The second-order valence-corrected chi connectivity index (χ2v) is 6.64. The summed E-state index contributed by atoms with van der Waals surface area (Å²) in [7, 11) is 0. The average molecular weight is 348 g/mol. The van der Waals surface area contributed by atoms with Crippen LogP contribution >= 0.6 is 0 Å². The van der Waals surface area contributed by atoms with Crippen molar-refractivity contribution in [3.8, 4) is 0 Å². The number of anilines is 1. The Morgan fingerprint density at radius 2 is 1.73 bits per heavy atom. The van der Waals surface area contributed by atoms with E-state index in [1.807, 2.05) is 13.0 Å². The summed E-state index contributed by atoms with van der Waals surface area (Å²) in [6.45, 7) is 5.09. The van der Waals surface area contributed by atoms with Crippen molar-refractivity contribution in [1.29, 1.82) is 0 Å². The average Bonchev–Trinajstić information content (AvgIpc) is 2.68. The first-order valence-corrected chi connectivity index (χ1v) is 8.95. The number of nitrogens with one attached hydrogen (secondary N) is 1. The van der Waals surface area contributed by atoms with E-state index in [0.717, 1.165) is 19.5 Å². The molecule has 134 valence electrons. The van der Waals surface area contributed by atoms with Gasteiger partial charge in [-0.25, -0.2) is 0 Å². The highest BCUT2D eigenvalue weighted by atomic mass is 16.2. The minimum Gasteiger partial charge on any atom is -0.325 e. The molecule has 0 spiro atoms. The molecule has 2 aromatic carbocycles. The van der Waals surface area contributed by atoms with Crippen LogP contribution < -0.4 is 5.32 Å². The summed E-state index contributed by atoms with van der Waals surface area (Å²) in [5.74, 6) is -0.0114. The number of amides is 1. The van der Waals surface area contributed by atoms with Crippen molar-refractivity contribution in [2.24, 2.45) is 0 Å². The fourth-order valence-electron chi connectivity index (χ4n) is 3.15. The Morgan fingerprint density at radius 1 is 1.04 bits per heavy atom. The van der Waals surface area contributed by atoms with Gasteiger partial charge in [0.25, 0.3) is 0 Å². The number of benzene rings is 2. The molecule has 2 aromatic rings. The standard InChI is InChI=1S/C22H24N2O2/c1-16(22(26)23-21-10-8-18(9-11-21)17(2)25)24-14-12-20(13-15-24)19-6-4-3-5-7-19/h3-12,16H,13-15H2,1-2H3,(H,23,26)/t16-/m1/s1. The number of Topliss-reactive ketones (excluding diaryl/α,β-unsaturated/α-hetero) is 1. The van der Waals surface area contributed by atoms with Crippen molar-refractivity contribution in [2.45, 2.75) is 26.3 Å². The molecule has 3 rings (SSSR count). The lowest BCUT2D eigenvalue weighted by Crippen LogP contribution is -2.44. The predicted octanol–water partition coefficient (Wildman–Crippen LogP) is 4.01. The van der Waals surface area contributed by atoms with E-state index in [2.05, 4.69) is 40.6 Å². The molecule has 1 N–H and O–H groups in total. The lowest BCUT2D eigenvalue weighted by atomic mass is 9.99. The monoisotopic (exact) mass is 348 g/mol. The molecule has 0 saturated heterocycles. The van der Waals surface area contributed by atoms with E-state index in [1.165, 1.54) is 18.1 Å². The Hall–Kier alpha value is -2.72. The van der Waals surface area contributed by atoms with E-state index in [0.29, 0.717) is 11.3 Å². The first-order chi connectivity index (χ1) is 12.5. The molecular weight excluding hydrogens is 324 g/mol. The zero-order valence-electron chi connectivity index (χ0n) is 15.2. The second-order valence-electron chi connectivity index (χ2n) is 6.64. The Labute approximate surface area is 154 Å². The Balaban J connectivity index is 1.59. The molecule has 4 heteroatoms. The van der Waals surface area contributed by atoms with Crippen LogP contribution in [0.2, 0.25) is 0 Å². The van der Waals surface area contributed by atoms with Gasteiger partial charge in [-0.05, 0) is 55.7 Å². The van der Waals surface area contributed by atoms with E-state index in [1.54, 1.807) is 24.3 Å². The van der Waals surface area contributed by atoms with Gasteiger partial charge >= 0.3 is 0 Å². The van der Waals surface area contributed by atoms with Crippen LogP contribution in [0, 0.1) is 0 Å². The molecule has 0 saturated carbocycles. The van der Waals surface area contributed by atoms with Crippen LogP contribution in [0.25, 0.3) is 5.57 Å². The van der Waals surface area contributed by atoms with Gasteiger partial charge in [-0.3, -0.25) is 14.5 Å². The highest BCUT2D eigenvalue weighted by molar-refractivity contribution is 5.97. The number of rotatable bonds is 5. The zero-order chi connectivity index (χ0) is 18.5. The largest absolute Gasteiger partial charge is 0.325 e. The predicted molar refractivity (Wildman–Crippen MR) is 105 cm³/mol. The smallest absolute Gasteiger partial charge is 0.241 e. The molecule has 4 nitrogen and oxygen atoms in total. The first-order valence-electron chi connectivity index (χ1n) is 8.95. The molecule has 0 unspecified atom stereocenters. The van der Waals surface area contributed by atoms with E-state index in [4.69, 9.17) is 0 Å². The topological polar surface area (TPSA) is 49.4 Å². The molecule has 0 aliphatic carbocycles. The first kappa shape index (κ1) is 18.1. The summed E-state index contributed by atoms with van der Waals surface area (Å²) >= 11 is 0. The van der Waals surface area contributed by atoms with Crippen LogP contribution in [0.3, 0.4) is 0 Å². The van der Waals surface area contributed by atoms with E-state index in [9.17, 15) is 9.59 Å². The van der Waals surface area contributed by atoms with Crippen LogP contribution in [-0.2, 0) is 4.79 Å². The van der Waals surface area contributed by atoms with Gasteiger partial charge in [0, 0.05) is 24.3 Å². The summed E-state index contributed by atoms with van der Waals surface area (Å²) in [4.78, 5) is 26.0. The zero-order valence-corrected chi connectivity index (χ0v) is 15.2. The van der Waals surface area contributed by atoms with Crippen molar-refractivity contribution in [3.63, 3.8) is 0 Å². The molecule has 26 heavy (non-hydrogen) atoms. The van der Waals surface area contributed by atoms with Gasteiger partial charge < -0.3 is 5.32 Å². The van der Waals surface area contributed by atoms with Crippen molar-refractivity contribution in [1.82, 2.24) is 4.90 Å². The molecule has 1 atom stereocenters. The summed E-state index contributed by atoms with van der Waals surface area (Å²) in [6, 6.07) is 17.2. The van der Waals surface area contributed by atoms with E-state index >= 15 is 0 Å². The fraction of sp³-hybridized carbons (Fsp3) is 0.273.